The van der Waals surface area contributed by atoms with E-state index >= 15 is 0 Å². The minimum absolute atomic E-state index is 0.0650. The molecular formula is C60H39N3OS. The summed E-state index contributed by atoms with van der Waals surface area (Å²) >= 11 is 1.79. The number of fused-ring (bicyclic) bond motifs is 9. The van der Waals surface area contributed by atoms with Gasteiger partial charge in [-0.2, -0.15) is 0 Å². The van der Waals surface area contributed by atoms with Gasteiger partial charge in [-0.15, -0.1) is 11.3 Å². The van der Waals surface area contributed by atoms with Crippen molar-refractivity contribution < 1.29 is 4.42 Å². The molecule has 4 nitrogen and oxygen atoms in total. The van der Waals surface area contributed by atoms with E-state index in [-0.39, 0.29) is 5.41 Å². The third kappa shape index (κ3) is 6.07. The maximum atomic E-state index is 6.59. The second kappa shape index (κ2) is 14.5. The van der Waals surface area contributed by atoms with Crippen LogP contribution in [0.3, 0.4) is 0 Å². The van der Waals surface area contributed by atoms with Gasteiger partial charge in [0.1, 0.15) is 11.2 Å². The van der Waals surface area contributed by atoms with Gasteiger partial charge in [0, 0.05) is 53.1 Å². The molecule has 13 rings (SSSR count). The Morgan fingerprint density at radius 3 is 1.86 bits per heavy atom. The standard InChI is InChI=1S/C60H39N3OS/c1-60(2)49-21-8-6-18-46(49)55-43(19-11-22-50(55)60)41-16-10-15-39(33-41)40-30-32-51-48(34-40)56-47(20-12-23-52(56)64-51)59-62-57(38-27-25-37(26-28-38)36-13-4-3-5-14-36)61-58(63-59)42-29-31-45-44-17-7-9-24-53(44)65-54(45)35-42/h3-35H,1-2H3. The van der Waals surface area contributed by atoms with Crippen LogP contribution in [0.1, 0.15) is 25.0 Å². The van der Waals surface area contributed by atoms with Crippen LogP contribution >= 0.6 is 11.3 Å². The first-order valence-electron chi connectivity index (χ1n) is 22.1. The van der Waals surface area contributed by atoms with Gasteiger partial charge in [-0.25, -0.2) is 15.0 Å². The molecule has 306 valence electrons. The number of hydrogen-bond acceptors (Lipinski definition) is 5. The molecule has 0 N–H and O–H groups in total. The lowest BCUT2D eigenvalue weighted by Gasteiger charge is -2.21. The first-order chi connectivity index (χ1) is 31.9. The first-order valence-corrected chi connectivity index (χ1v) is 22.9. The van der Waals surface area contributed by atoms with E-state index in [0.29, 0.717) is 17.5 Å². The summed E-state index contributed by atoms with van der Waals surface area (Å²) < 4.78 is 9.05. The van der Waals surface area contributed by atoms with Gasteiger partial charge in [0.15, 0.2) is 17.5 Å². The molecule has 0 aliphatic heterocycles. The maximum absolute atomic E-state index is 6.59. The molecule has 65 heavy (non-hydrogen) atoms. The molecule has 3 aromatic heterocycles. The molecule has 0 spiro atoms. The van der Waals surface area contributed by atoms with E-state index in [1.807, 2.05) is 18.2 Å². The van der Waals surface area contributed by atoms with Crippen LogP contribution in [0.2, 0.25) is 0 Å². The van der Waals surface area contributed by atoms with Gasteiger partial charge >= 0.3 is 0 Å². The molecule has 0 amide bonds. The molecule has 3 heterocycles. The SMILES string of the molecule is CC1(C)c2ccccc2-c2c(-c3cccc(-c4ccc5oc6cccc(-c7nc(-c8ccc(-c9ccccc9)cc8)nc(-c8ccc9c(c8)sc8ccccc89)n7)c6c5c4)c3)cccc21. The zero-order chi connectivity index (χ0) is 43.2. The zero-order valence-electron chi connectivity index (χ0n) is 35.7. The highest BCUT2D eigenvalue weighted by atomic mass is 32.1. The summed E-state index contributed by atoms with van der Waals surface area (Å²) in [5.41, 5.74) is 16.7. The normalized spacial score (nSPS) is 12.9. The maximum Gasteiger partial charge on any atom is 0.164 e. The highest BCUT2D eigenvalue weighted by Gasteiger charge is 2.36. The van der Waals surface area contributed by atoms with Crippen molar-refractivity contribution in [1.29, 1.82) is 0 Å². The molecule has 0 saturated heterocycles. The van der Waals surface area contributed by atoms with Gasteiger partial charge in [0.2, 0.25) is 0 Å². The van der Waals surface area contributed by atoms with Crippen LogP contribution in [-0.2, 0) is 5.41 Å². The number of nitrogens with zero attached hydrogens (tertiary/aromatic N) is 3. The zero-order valence-corrected chi connectivity index (χ0v) is 36.5. The summed E-state index contributed by atoms with van der Waals surface area (Å²) in [5.74, 6) is 1.83. The van der Waals surface area contributed by atoms with E-state index in [9.17, 15) is 0 Å². The second-order valence-electron chi connectivity index (χ2n) is 17.5. The van der Waals surface area contributed by atoms with E-state index in [2.05, 4.69) is 196 Å². The molecule has 0 fully saturated rings. The van der Waals surface area contributed by atoms with Crippen molar-refractivity contribution in [1.82, 2.24) is 15.0 Å². The average Bonchev–Trinajstić information content (AvgIpc) is 4.01. The Morgan fingerprint density at radius 1 is 0.369 bits per heavy atom. The molecular weight excluding hydrogens is 811 g/mol. The lowest BCUT2D eigenvalue weighted by molar-refractivity contribution is 0.660. The highest BCUT2D eigenvalue weighted by Crippen LogP contribution is 2.52. The molecule has 0 bridgehead atoms. The van der Waals surface area contributed by atoms with Crippen LogP contribution in [0.15, 0.2) is 205 Å². The average molecular weight is 850 g/mol. The number of thiophene rings is 1. The lowest BCUT2D eigenvalue weighted by Crippen LogP contribution is -2.14. The molecule has 0 radical (unpaired) electrons. The molecule has 0 unspecified atom stereocenters. The fourth-order valence-corrected chi connectivity index (χ4v) is 11.3. The van der Waals surface area contributed by atoms with Crippen molar-refractivity contribution in [3.63, 3.8) is 0 Å². The monoisotopic (exact) mass is 849 g/mol. The fourth-order valence-electron chi connectivity index (χ4n) is 10.1. The summed E-state index contributed by atoms with van der Waals surface area (Å²) in [4.78, 5) is 15.7. The van der Waals surface area contributed by atoms with E-state index in [1.165, 1.54) is 53.6 Å². The van der Waals surface area contributed by atoms with Crippen molar-refractivity contribution >= 4 is 53.4 Å². The van der Waals surface area contributed by atoms with Crippen LogP contribution in [0.5, 0.6) is 0 Å². The number of hydrogen-bond donors (Lipinski definition) is 0. The quantitative estimate of drug-likeness (QED) is 0.167. The highest BCUT2D eigenvalue weighted by molar-refractivity contribution is 7.25. The third-order valence-electron chi connectivity index (χ3n) is 13.4. The van der Waals surface area contributed by atoms with Crippen molar-refractivity contribution in [3.8, 4) is 78.7 Å². The molecule has 0 saturated carbocycles. The van der Waals surface area contributed by atoms with Crippen LogP contribution in [0.4, 0.5) is 0 Å². The number of benzene rings is 9. The van der Waals surface area contributed by atoms with Crippen LogP contribution in [0.25, 0.3) is 121 Å². The molecule has 12 aromatic rings. The number of furan rings is 1. The van der Waals surface area contributed by atoms with Gasteiger partial charge in [0.05, 0.1) is 0 Å². The topological polar surface area (TPSA) is 51.8 Å². The van der Waals surface area contributed by atoms with Gasteiger partial charge in [-0.1, -0.05) is 178 Å². The van der Waals surface area contributed by atoms with Gasteiger partial charge in [-0.3, -0.25) is 0 Å². The predicted octanol–water partition coefficient (Wildman–Crippen LogP) is 16.4. The summed E-state index contributed by atoms with van der Waals surface area (Å²) in [5, 5.41) is 4.48. The lowest BCUT2D eigenvalue weighted by atomic mass is 9.82. The molecule has 9 aromatic carbocycles. The largest absolute Gasteiger partial charge is 0.456 e. The minimum atomic E-state index is -0.0650. The van der Waals surface area contributed by atoms with E-state index in [4.69, 9.17) is 19.4 Å². The van der Waals surface area contributed by atoms with Crippen LogP contribution < -0.4 is 0 Å². The Hall–Kier alpha value is -7.99. The van der Waals surface area contributed by atoms with Crippen molar-refractivity contribution in [2.24, 2.45) is 0 Å². The Balaban J connectivity index is 0.955. The van der Waals surface area contributed by atoms with Gasteiger partial charge in [-0.05, 0) is 92.0 Å². The van der Waals surface area contributed by atoms with Crippen molar-refractivity contribution in [2.75, 3.05) is 0 Å². The Labute approximate surface area is 380 Å². The first kappa shape index (κ1) is 37.6. The fraction of sp³-hybridized carbons (Fsp3) is 0.0500. The Morgan fingerprint density at radius 2 is 0.969 bits per heavy atom. The molecule has 0 atom stereocenters. The van der Waals surface area contributed by atoms with E-state index in [0.717, 1.165) is 60.9 Å². The Bertz CT molecular complexity index is 3860. The van der Waals surface area contributed by atoms with E-state index in [1.54, 1.807) is 11.3 Å². The molecule has 1 aliphatic carbocycles. The summed E-state index contributed by atoms with van der Waals surface area (Å²) in [6.07, 6.45) is 0. The summed E-state index contributed by atoms with van der Waals surface area (Å²) in [6.45, 7) is 4.67. The number of aromatic nitrogens is 3. The van der Waals surface area contributed by atoms with Gasteiger partial charge < -0.3 is 4.42 Å². The van der Waals surface area contributed by atoms with Crippen LogP contribution in [-0.4, -0.2) is 15.0 Å². The van der Waals surface area contributed by atoms with E-state index < -0.39 is 0 Å². The Kier molecular flexibility index (Phi) is 8.39. The van der Waals surface area contributed by atoms with Crippen molar-refractivity contribution in [2.45, 2.75) is 19.3 Å². The predicted molar refractivity (Wildman–Crippen MR) is 270 cm³/mol. The smallest absolute Gasteiger partial charge is 0.164 e. The van der Waals surface area contributed by atoms with Gasteiger partial charge in [0.25, 0.3) is 0 Å². The number of rotatable bonds is 6. The summed E-state index contributed by atoms with van der Waals surface area (Å²) in [7, 11) is 0. The minimum Gasteiger partial charge on any atom is -0.456 e. The molecule has 1 aliphatic rings. The third-order valence-corrected chi connectivity index (χ3v) is 14.5. The van der Waals surface area contributed by atoms with Crippen LogP contribution in [0, 0.1) is 0 Å². The summed E-state index contributed by atoms with van der Waals surface area (Å²) in [6, 6.07) is 71.4. The second-order valence-corrected chi connectivity index (χ2v) is 18.6. The molecule has 5 heteroatoms. The van der Waals surface area contributed by atoms with Crippen molar-refractivity contribution in [3.05, 3.63) is 211 Å².